The summed E-state index contributed by atoms with van der Waals surface area (Å²) in [6, 6.07) is 75.1. The van der Waals surface area contributed by atoms with Crippen molar-refractivity contribution in [2.45, 2.75) is 0 Å². The van der Waals surface area contributed by atoms with Crippen LogP contribution in [0.25, 0.3) is 115 Å². The minimum atomic E-state index is 1.00. The van der Waals surface area contributed by atoms with Crippen molar-refractivity contribution in [3.05, 3.63) is 206 Å². The summed E-state index contributed by atoms with van der Waals surface area (Å²) >= 11 is 0. The Morgan fingerprint density at radius 3 is 1.60 bits per heavy atom. The van der Waals surface area contributed by atoms with E-state index in [-0.39, 0.29) is 0 Å². The highest BCUT2D eigenvalue weighted by molar-refractivity contribution is 6.26. The SMILES string of the molecule is c1ccc(-c2nc3ccccc3c3ccc4c5ccccc5n(-c5ccc(-c6c7ccccc7c(-c7ccc8ccccc8c7)c7ccccc67)cc5)c4c23)cc1. The van der Waals surface area contributed by atoms with Gasteiger partial charge in [-0.3, -0.25) is 0 Å². The molecule has 0 saturated carbocycles. The second kappa shape index (κ2) is 12.5. The van der Waals surface area contributed by atoms with E-state index in [9.17, 15) is 0 Å². The Bertz CT molecular complexity index is 3500. The van der Waals surface area contributed by atoms with E-state index in [1.165, 1.54) is 87.1 Å². The van der Waals surface area contributed by atoms with Gasteiger partial charge in [0.25, 0.3) is 0 Å². The number of aromatic nitrogens is 2. The lowest BCUT2D eigenvalue weighted by molar-refractivity contribution is 1.19. The first kappa shape index (κ1) is 31.8. The maximum Gasteiger partial charge on any atom is 0.0809 e. The number of fused-ring (bicyclic) bond motifs is 10. The zero-order valence-electron chi connectivity index (χ0n) is 31.0. The molecule has 0 saturated heterocycles. The highest BCUT2D eigenvalue weighted by Crippen LogP contribution is 2.46. The molecule has 10 aromatic carbocycles. The van der Waals surface area contributed by atoms with Crippen LogP contribution in [0.4, 0.5) is 0 Å². The molecule has 2 aromatic heterocycles. The molecule has 12 rings (SSSR count). The largest absolute Gasteiger partial charge is 0.309 e. The normalized spacial score (nSPS) is 11.9. The summed E-state index contributed by atoms with van der Waals surface area (Å²) in [5.41, 5.74) is 11.5. The zero-order chi connectivity index (χ0) is 37.5. The summed E-state index contributed by atoms with van der Waals surface area (Å²) in [4.78, 5) is 5.37. The molecular weight excluding hydrogens is 689 g/mol. The second-order valence-corrected chi connectivity index (χ2v) is 15.0. The Labute approximate surface area is 329 Å². The average molecular weight is 723 g/mol. The Balaban J connectivity index is 1.11. The molecule has 2 heterocycles. The third-order valence-electron chi connectivity index (χ3n) is 11.9. The smallest absolute Gasteiger partial charge is 0.0809 e. The van der Waals surface area contributed by atoms with Crippen molar-refractivity contribution >= 4 is 75.8 Å². The van der Waals surface area contributed by atoms with Crippen LogP contribution in [0.5, 0.6) is 0 Å². The highest BCUT2D eigenvalue weighted by Gasteiger charge is 2.21. The minimum absolute atomic E-state index is 1.00. The average Bonchev–Trinajstić information content (AvgIpc) is 3.62. The van der Waals surface area contributed by atoms with Gasteiger partial charge in [0.2, 0.25) is 0 Å². The fraction of sp³-hybridized carbons (Fsp3) is 0. The van der Waals surface area contributed by atoms with Crippen molar-refractivity contribution in [1.29, 1.82) is 0 Å². The molecule has 0 aliphatic carbocycles. The molecule has 2 heteroatoms. The standard InChI is InChI=1S/C55H34N2/c1-2-15-37(16-3-1)54-53-47(41-18-10-12-24-49(41)56-54)32-33-48-42-19-11-13-25-50(42)57(55(48)53)40-30-28-36(29-31-40)51-43-20-6-8-22-45(43)52(46-23-9-7-21-44(46)51)39-27-26-35-14-4-5-17-38(35)34-39/h1-34H. The first-order valence-corrected chi connectivity index (χ1v) is 19.6. The fourth-order valence-corrected chi connectivity index (χ4v) is 9.44. The summed E-state index contributed by atoms with van der Waals surface area (Å²) in [5.74, 6) is 0. The molecule has 0 bridgehead atoms. The number of nitrogens with zero attached hydrogens (tertiary/aromatic N) is 2. The monoisotopic (exact) mass is 722 g/mol. The van der Waals surface area contributed by atoms with Gasteiger partial charge in [-0.05, 0) is 90.3 Å². The van der Waals surface area contributed by atoms with E-state index in [4.69, 9.17) is 4.98 Å². The topological polar surface area (TPSA) is 17.8 Å². The number of hydrogen-bond acceptors (Lipinski definition) is 1. The lowest BCUT2D eigenvalue weighted by Crippen LogP contribution is -1.97. The van der Waals surface area contributed by atoms with Gasteiger partial charge in [-0.2, -0.15) is 0 Å². The molecule has 0 atom stereocenters. The van der Waals surface area contributed by atoms with Crippen LogP contribution in [0.15, 0.2) is 206 Å². The van der Waals surface area contributed by atoms with Crippen LogP contribution in [0.3, 0.4) is 0 Å². The van der Waals surface area contributed by atoms with Crippen LogP contribution in [0, 0.1) is 0 Å². The van der Waals surface area contributed by atoms with Crippen molar-refractivity contribution in [3.63, 3.8) is 0 Å². The molecule has 0 aliphatic heterocycles. The molecule has 0 spiro atoms. The summed E-state index contributed by atoms with van der Waals surface area (Å²) in [6.45, 7) is 0. The van der Waals surface area contributed by atoms with Gasteiger partial charge in [-0.15, -0.1) is 0 Å². The van der Waals surface area contributed by atoms with Gasteiger partial charge in [0, 0.05) is 32.8 Å². The van der Waals surface area contributed by atoms with Crippen LogP contribution in [-0.4, -0.2) is 9.55 Å². The first-order chi connectivity index (χ1) is 28.3. The van der Waals surface area contributed by atoms with Crippen LogP contribution in [0.2, 0.25) is 0 Å². The summed E-state index contributed by atoms with van der Waals surface area (Å²) in [5, 5.41) is 13.5. The lowest BCUT2D eigenvalue weighted by atomic mass is 9.85. The van der Waals surface area contributed by atoms with E-state index >= 15 is 0 Å². The van der Waals surface area contributed by atoms with Crippen molar-refractivity contribution in [2.24, 2.45) is 0 Å². The second-order valence-electron chi connectivity index (χ2n) is 15.0. The Morgan fingerprint density at radius 1 is 0.333 bits per heavy atom. The predicted molar refractivity (Wildman–Crippen MR) is 242 cm³/mol. The Kier molecular flexibility index (Phi) is 6.96. The molecular formula is C55H34N2. The van der Waals surface area contributed by atoms with Crippen LogP contribution in [-0.2, 0) is 0 Å². The van der Waals surface area contributed by atoms with E-state index in [1.807, 2.05) is 0 Å². The predicted octanol–water partition coefficient (Wildman–Crippen LogP) is 14.9. The highest BCUT2D eigenvalue weighted by atomic mass is 15.0. The number of benzene rings is 10. The summed E-state index contributed by atoms with van der Waals surface area (Å²) < 4.78 is 2.46. The van der Waals surface area contributed by atoms with Crippen molar-refractivity contribution < 1.29 is 0 Å². The quantitative estimate of drug-likeness (QED) is 0.131. The molecule has 0 unspecified atom stereocenters. The van der Waals surface area contributed by atoms with E-state index < -0.39 is 0 Å². The first-order valence-electron chi connectivity index (χ1n) is 19.6. The molecule has 57 heavy (non-hydrogen) atoms. The lowest BCUT2D eigenvalue weighted by Gasteiger charge is -2.18. The molecule has 0 aliphatic rings. The number of hydrogen-bond donors (Lipinski definition) is 0. The van der Waals surface area contributed by atoms with Gasteiger partial charge >= 0.3 is 0 Å². The zero-order valence-corrected chi connectivity index (χ0v) is 31.0. The van der Waals surface area contributed by atoms with Gasteiger partial charge in [0.05, 0.1) is 22.2 Å². The van der Waals surface area contributed by atoms with E-state index in [1.54, 1.807) is 0 Å². The van der Waals surface area contributed by atoms with Crippen LogP contribution in [0.1, 0.15) is 0 Å². The van der Waals surface area contributed by atoms with E-state index in [0.717, 1.165) is 27.8 Å². The molecule has 0 N–H and O–H groups in total. The minimum Gasteiger partial charge on any atom is -0.309 e. The fourth-order valence-electron chi connectivity index (χ4n) is 9.44. The van der Waals surface area contributed by atoms with Gasteiger partial charge in [-0.1, -0.05) is 176 Å². The number of para-hydroxylation sites is 2. The number of rotatable bonds is 4. The van der Waals surface area contributed by atoms with Gasteiger partial charge in [0.15, 0.2) is 0 Å². The van der Waals surface area contributed by atoms with Gasteiger partial charge < -0.3 is 4.57 Å². The van der Waals surface area contributed by atoms with Gasteiger partial charge in [-0.25, -0.2) is 4.98 Å². The molecule has 0 radical (unpaired) electrons. The summed E-state index contributed by atoms with van der Waals surface area (Å²) in [7, 11) is 0. The molecule has 264 valence electrons. The third-order valence-corrected chi connectivity index (χ3v) is 11.9. The Morgan fingerprint density at radius 2 is 0.877 bits per heavy atom. The van der Waals surface area contributed by atoms with E-state index in [2.05, 4.69) is 211 Å². The van der Waals surface area contributed by atoms with E-state index in [0.29, 0.717) is 0 Å². The van der Waals surface area contributed by atoms with Gasteiger partial charge in [0.1, 0.15) is 0 Å². The van der Waals surface area contributed by atoms with Crippen molar-refractivity contribution in [3.8, 4) is 39.2 Å². The van der Waals surface area contributed by atoms with Crippen molar-refractivity contribution in [2.75, 3.05) is 0 Å². The number of pyridine rings is 1. The molecule has 0 amide bonds. The maximum atomic E-state index is 5.37. The van der Waals surface area contributed by atoms with Crippen LogP contribution >= 0.6 is 0 Å². The van der Waals surface area contributed by atoms with Crippen LogP contribution < -0.4 is 0 Å². The third kappa shape index (κ3) is 4.81. The van der Waals surface area contributed by atoms with Crippen molar-refractivity contribution in [1.82, 2.24) is 9.55 Å². The summed E-state index contributed by atoms with van der Waals surface area (Å²) in [6.07, 6.45) is 0. The molecule has 0 fully saturated rings. The maximum absolute atomic E-state index is 5.37. The molecule has 12 aromatic rings. The molecule has 2 nitrogen and oxygen atoms in total. The Hall–Kier alpha value is -7.55.